The molecule has 0 unspecified atom stereocenters. The number of rotatable bonds is 1. The Bertz CT molecular complexity index is 644. The van der Waals surface area contributed by atoms with Crippen LogP contribution in [0.1, 0.15) is 10.6 Å². The summed E-state index contributed by atoms with van der Waals surface area (Å²) >= 11 is 1.89. The van der Waals surface area contributed by atoms with Crippen molar-refractivity contribution in [3.63, 3.8) is 0 Å². The zero-order valence-corrected chi connectivity index (χ0v) is 12.4. The number of halogens is 7. The number of hydrogen-bond donors (Lipinski definition) is 1. The molecule has 0 spiro atoms. The van der Waals surface area contributed by atoms with E-state index in [9.17, 15) is 31.4 Å². The number of thiazole rings is 1. The maximum atomic E-state index is 12.7. The molecule has 2 heterocycles. The molecule has 2 aromatic rings. The van der Waals surface area contributed by atoms with Gasteiger partial charge in [-0.05, 0) is 29.5 Å². The van der Waals surface area contributed by atoms with Crippen molar-refractivity contribution in [2.45, 2.75) is 24.9 Å². The van der Waals surface area contributed by atoms with E-state index in [1.807, 2.05) is 0 Å². The highest BCUT2D eigenvalue weighted by Crippen LogP contribution is 2.51. The fourth-order valence-electron chi connectivity index (χ4n) is 1.53. The predicted octanol–water partition coefficient (Wildman–Crippen LogP) is 3.62. The van der Waals surface area contributed by atoms with Crippen LogP contribution < -0.4 is 0 Å². The zero-order chi connectivity index (χ0) is 15.5. The van der Waals surface area contributed by atoms with Crippen LogP contribution >= 0.6 is 33.9 Å². The Balaban J connectivity index is 2.70. The maximum Gasteiger partial charge on any atom is 0.431 e. The Hall–Kier alpha value is -0.560. The third-order valence-corrected chi connectivity index (χ3v) is 5.00. The van der Waals surface area contributed by atoms with E-state index in [2.05, 4.69) is 4.98 Å². The average molecular weight is 430 g/mol. The first-order chi connectivity index (χ1) is 8.89. The molecule has 2 rings (SSSR count). The second kappa shape index (κ2) is 4.47. The summed E-state index contributed by atoms with van der Waals surface area (Å²) in [6, 6.07) is 0. The fourth-order valence-corrected chi connectivity index (χ4v) is 3.35. The second-order valence-corrected chi connectivity index (χ2v) is 5.97. The Morgan fingerprint density at radius 2 is 1.70 bits per heavy atom. The van der Waals surface area contributed by atoms with Gasteiger partial charge in [0.15, 0.2) is 4.96 Å². The third-order valence-electron chi connectivity index (χ3n) is 2.60. The largest absolute Gasteiger partial charge is 0.431 e. The number of fused-ring (bicyclic) bond motifs is 1. The SMILES string of the molecule is Cc1nc2sc(C(O)(C(F)(F)F)C(F)(F)F)cn2c1I. The van der Waals surface area contributed by atoms with Gasteiger partial charge < -0.3 is 5.11 Å². The van der Waals surface area contributed by atoms with Crippen LogP contribution in [0.25, 0.3) is 4.96 Å². The van der Waals surface area contributed by atoms with Gasteiger partial charge in [-0.25, -0.2) is 4.98 Å². The number of imidazole rings is 1. The van der Waals surface area contributed by atoms with Gasteiger partial charge in [0, 0.05) is 6.20 Å². The van der Waals surface area contributed by atoms with Crippen molar-refractivity contribution in [2.24, 2.45) is 0 Å². The van der Waals surface area contributed by atoms with Gasteiger partial charge in [-0.1, -0.05) is 11.3 Å². The minimum Gasteiger partial charge on any atom is -0.369 e. The van der Waals surface area contributed by atoms with Crippen molar-refractivity contribution in [1.29, 1.82) is 0 Å². The standard InChI is InChI=1S/C9H5F6IN2OS/c1-3-5(16)18-2-4(20-6(18)17-3)7(19,8(10,11)12)9(13,14)15/h2,19H,1H3. The molecule has 0 saturated carbocycles. The summed E-state index contributed by atoms with van der Waals surface area (Å²) in [6.07, 6.45) is -11.1. The van der Waals surface area contributed by atoms with Crippen LogP contribution in [0.5, 0.6) is 0 Å². The number of aryl methyl sites for hydroxylation is 1. The lowest BCUT2D eigenvalue weighted by molar-refractivity contribution is -0.375. The summed E-state index contributed by atoms with van der Waals surface area (Å²) in [4.78, 5) is 2.53. The van der Waals surface area contributed by atoms with Gasteiger partial charge in [-0.3, -0.25) is 4.40 Å². The van der Waals surface area contributed by atoms with Crippen LogP contribution in [0.2, 0.25) is 0 Å². The van der Waals surface area contributed by atoms with Crippen LogP contribution in [-0.4, -0.2) is 26.8 Å². The number of alkyl halides is 6. The maximum absolute atomic E-state index is 12.7. The Labute approximate surface area is 125 Å². The molecule has 0 radical (unpaired) electrons. The molecule has 11 heteroatoms. The van der Waals surface area contributed by atoms with Crippen LogP contribution in [0.3, 0.4) is 0 Å². The highest BCUT2D eigenvalue weighted by Gasteiger charge is 2.72. The van der Waals surface area contributed by atoms with Crippen molar-refractivity contribution >= 4 is 38.9 Å². The first kappa shape index (κ1) is 15.8. The molecular formula is C9H5F6IN2OS. The summed E-state index contributed by atoms with van der Waals surface area (Å²) in [7, 11) is 0. The lowest BCUT2D eigenvalue weighted by Crippen LogP contribution is -2.53. The van der Waals surface area contributed by atoms with E-state index in [4.69, 9.17) is 0 Å². The monoisotopic (exact) mass is 430 g/mol. The van der Waals surface area contributed by atoms with E-state index >= 15 is 0 Å². The minimum atomic E-state index is -5.88. The highest BCUT2D eigenvalue weighted by atomic mass is 127. The van der Waals surface area contributed by atoms with Crippen molar-refractivity contribution in [1.82, 2.24) is 9.38 Å². The number of aliphatic hydroxyl groups is 1. The van der Waals surface area contributed by atoms with Gasteiger partial charge in [0.1, 0.15) is 3.70 Å². The molecule has 0 fully saturated rings. The van der Waals surface area contributed by atoms with Crippen molar-refractivity contribution in [3.8, 4) is 0 Å². The van der Waals surface area contributed by atoms with E-state index in [1.165, 1.54) is 0 Å². The van der Waals surface area contributed by atoms with Crippen molar-refractivity contribution in [3.05, 3.63) is 20.5 Å². The predicted molar refractivity (Wildman–Crippen MR) is 66.5 cm³/mol. The third kappa shape index (κ3) is 2.09. The normalized spacial score (nSPS) is 14.2. The first-order valence-corrected chi connectivity index (χ1v) is 6.79. The average Bonchev–Trinajstić information content (AvgIpc) is 2.76. The highest BCUT2D eigenvalue weighted by molar-refractivity contribution is 14.1. The van der Waals surface area contributed by atoms with Gasteiger partial charge in [0.05, 0.1) is 10.6 Å². The van der Waals surface area contributed by atoms with Crippen LogP contribution in [0, 0.1) is 10.6 Å². The molecule has 3 nitrogen and oxygen atoms in total. The van der Waals surface area contributed by atoms with Crippen molar-refractivity contribution < 1.29 is 31.4 Å². The van der Waals surface area contributed by atoms with Crippen molar-refractivity contribution in [2.75, 3.05) is 0 Å². The summed E-state index contributed by atoms with van der Waals surface area (Å²) in [5.41, 5.74) is -4.42. The van der Waals surface area contributed by atoms with E-state index in [0.717, 1.165) is 4.40 Å². The molecule has 0 aromatic carbocycles. The number of aromatic nitrogens is 2. The van der Waals surface area contributed by atoms with E-state index < -0.39 is 22.8 Å². The lowest BCUT2D eigenvalue weighted by Gasteiger charge is -2.30. The summed E-state index contributed by atoms with van der Waals surface area (Å²) in [6.45, 7) is 1.57. The van der Waals surface area contributed by atoms with Gasteiger partial charge in [0.2, 0.25) is 0 Å². The molecule has 0 atom stereocenters. The molecule has 112 valence electrons. The molecule has 20 heavy (non-hydrogen) atoms. The molecule has 0 amide bonds. The molecule has 0 aliphatic rings. The summed E-state index contributed by atoms with van der Waals surface area (Å²) < 4.78 is 77.7. The van der Waals surface area contributed by atoms with Gasteiger partial charge in [0.25, 0.3) is 5.60 Å². The zero-order valence-electron chi connectivity index (χ0n) is 9.47. The summed E-state index contributed by atoms with van der Waals surface area (Å²) in [5, 5.41) is 9.25. The topological polar surface area (TPSA) is 37.5 Å². The van der Waals surface area contributed by atoms with E-state index in [1.54, 1.807) is 29.5 Å². The molecule has 1 N–H and O–H groups in total. The number of hydrogen-bond acceptors (Lipinski definition) is 3. The minimum absolute atomic E-state index is 0.0474. The first-order valence-electron chi connectivity index (χ1n) is 4.90. The Morgan fingerprint density at radius 1 is 1.20 bits per heavy atom. The van der Waals surface area contributed by atoms with Gasteiger partial charge in [-0.15, -0.1) is 0 Å². The molecule has 0 aliphatic carbocycles. The molecular weight excluding hydrogens is 425 g/mol. The quantitative estimate of drug-likeness (QED) is 0.555. The summed E-state index contributed by atoms with van der Waals surface area (Å²) in [5.74, 6) is 0. The van der Waals surface area contributed by atoms with E-state index in [0.29, 0.717) is 15.6 Å². The number of nitrogens with zero attached hydrogens (tertiary/aromatic N) is 2. The molecule has 0 aliphatic heterocycles. The Morgan fingerprint density at radius 3 is 2.10 bits per heavy atom. The molecule has 2 aromatic heterocycles. The van der Waals surface area contributed by atoms with Crippen LogP contribution in [0.15, 0.2) is 6.20 Å². The van der Waals surface area contributed by atoms with Crippen LogP contribution in [-0.2, 0) is 5.60 Å². The van der Waals surface area contributed by atoms with Crippen LogP contribution in [0.4, 0.5) is 26.3 Å². The van der Waals surface area contributed by atoms with Gasteiger partial charge >= 0.3 is 12.4 Å². The van der Waals surface area contributed by atoms with E-state index in [-0.39, 0.29) is 16.3 Å². The second-order valence-electron chi connectivity index (χ2n) is 3.94. The fraction of sp³-hybridized carbons (Fsp3) is 0.444. The smallest absolute Gasteiger partial charge is 0.369 e. The molecule has 0 saturated heterocycles. The van der Waals surface area contributed by atoms with Gasteiger partial charge in [-0.2, -0.15) is 26.3 Å². The molecule has 0 bridgehead atoms. The lowest BCUT2D eigenvalue weighted by atomic mass is 10.0. The Kier molecular flexibility index (Phi) is 3.53.